The number of nitrogens with zero attached hydrogens (tertiary/aromatic N) is 1. The van der Waals surface area contributed by atoms with Crippen molar-refractivity contribution in [3.63, 3.8) is 0 Å². The molecule has 86 valence electrons. The average molecular weight is 226 g/mol. The molecule has 0 unspecified atom stereocenters. The average Bonchev–Trinajstić information content (AvgIpc) is 1.96. The topological polar surface area (TPSA) is 12.9 Å². The van der Waals surface area contributed by atoms with Crippen molar-refractivity contribution in [3.05, 3.63) is 28.8 Å². The zero-order chi connectivity index (χ0) is 12.2. The fourth-order valence-corrected chi connectivity index (χ4v) is 1.01. The van der Waals surface area contributed by atoms with Gasteiger partial charge in [0.15, 0.2) is 0 Å². The van der Waals surface area contributed by atoms with Crippen molar-refractivity contribution >= 4 is 7.25 Å². The fourth-order valence-electron chi connectivity index (χ4n) is 1.01. The van der Waals surface area contributed by atoms with E-state index in [1.807, 2.05) is 6.92 Å². The lowest BCUT2D eigenvalue weighted by atomic mass is 10.2. The zero-order valence-electron chi connectivity index (χ0n) is 8.49. The van der Waals surface area contributed by atoms with Crippen LogP contribution in [0.4, 0.5) is 21.7 Å². The summed E-state index contributed by atoms with van der Waals surface area (Å²) >= 11 is 0. The summed E-state index contributed by atoms with van der Waals surface area (Å²) < 4.78 is 51.8. The molecule has 0 N–H and O–H groups in total. The minimum absolute atomic E-state index is 0.189. The Morgan fingerprint density at radius 3 is 1.80 bits per heavy atom. The number of pyridine rings is 1. The second-order valence-electron chi connectivity index (χ2n) is 2.97. The van der Waals surface area contributed by atoms with Crippen molar-refractivity contribution in [3.8, 4) is 0 Å². The molecule has 0 aliphatic heterocycles. The molecular weight excluding hydrogens is 216 g/mol. The Morgan fingerprint density at radius 1 is 1.07 bits per heavy atom. The van der Waals surface area contributed by atoms with E-state index in [1.54, 1.807) is 19.9 Å². The van der Waals surface area contributed by atoms with E-state index in [-0.39, 0.29) is 5.82 Å². The molecule has 0 aliphatic rings. The van der Waals surface area contributed by atoms with Gasteiger partial charge >= 0.3 is 7.25 Å². The van der Waals surface area contributed by atoms with Crippen LogP contribution in [0, 0.1) is 26.6 Å². The molecule has 15 heavy (non-hydrogen) atoms. The van der Waals surface area contributed by atoms with Crippen molar-refractivity contribution in [1.29, 1.82) is 0 Å². The Labute approximate surface area is 84.4 Å². The minimum atomic E-state index is -6.00. The maximum atomic E-state index is 12.8. The number of hydrogen-bond donors (Lipinski definition) is 0. The van der Waals surface area contributed by atoms with E-state index >= 15 is 0 Å². The highest BCUT2D eigenvalue weighted by molar-refractivity contribution is 6.50. The summed E-state index contributed by atoms with van der Waals surface area (Å²) in [4.78, 5) is 3.96. The quantitative estimate of drug-likeness (QED) is 0.487. The van der Waals surface area contributed by atoms with Crippen molar-refractivity contribution < 1.29 is 21.7 Å². The second kappa shape index (κ2) is 5.09. The van der Waals surface area contributed by atoms with Gasteiger partial charge in [-0.25, -0.2) is 4.39 Å². The lowest BCUT2D eigenvalue weighted by Crippen LogP contribution is -2.02. The SMILES string of the molecule is Cc1cc(C)c(F)c(C)n1.F[B-](F)(F)F. The van der Waals surface area contributed by atoms with Crippen LogP contribution in [0.15, 0.2) is 6.07 Å². The Morgan fingerprint density at radius 2 is 1.47 bits per heavy atom. The zero-order valence-corrected chi connectivity index (χ0v) is 8.49. The normalized spacial score (nSPS) is 10.7. The first-order valence-corrected chi connectivity index (χ1v) is 4.09. The smallest absolute Gasteiger partial charge is 0.418 e. The first-order valence-electron chi connectivity index (χ1n) is 4.09. The maximum absolute atomic E-state index is 12.8. The van der Waals surface area contributed by atoms with Gasteiger partial charge in [0.05, 0.1) is 5.69 Å². The monoisotopic (exact) mass is 226 g/mol. The van der Waals surface area contributed by atoms with Gasteiger partial charge < -0.3 is 17.3 Å². The summed E-state index contributed by atoms with van der Waals surface area (Å²) in [6.45, 7) is 5.28. The highest BCUT2D eigenvalue weighted by Gasteiger charge is 2.20. The highest BCUT2D eigenvalue weighted by Crippen LogP contribution is 2.09. The number of aryl methyl sites for hydroxylation is 3. The largest absolute Gasteiger partial charge is 0.673 e. The Balaban J connectivity index is 0.000000336. The summed E-state index contributed by atoms with van der Waals surface area (Å²) in [5.41, 5.74) is 2.03. The number of halogens is 5. The van der Waals surface area contributed by atoms with Crippen LogP contribution in [0.3, 0.4) is 0 Å². The van der Waals surface area contributed by atoms with Gasteiger partial charge in [0.25, 0.3) is 0 Å². The molecule has 0 aliphatic carbocycles. The summed E-state index contributed by atoms with van der Waals surface area (Å²) in [7, 11) is -6.00. The van der Waals surface area contributed by atoms with E-state index in [0.717, 1.165) is 5.69 Å². The van der Waals surface area contributed by atoms with Crippen LogP contribution >= 0.6 is 0 Å². The molecule has 1 heterocycles. The third kappa shape index (κ3) is 6.87. The van der Waals surface area contributed by atoms with Gasteiger partial charge in [-0.15, -0.1) is 0 Å². The molecule has 0 atom stereocenters. The molecule has 0 amide bonds. The summed E-state index contributed by atoms with van der Waals surface area (Å²) in [6, 6.07) is 1.74. The summed E-state index contributed by atoms with van der Waals surface area (Å²) in [5.74, 6) is -0.189. The van der Waals surface area contributed by atoms with Gasteiger partial charge in [0, 0.05) is 5.69 Å². The number of hydrogen-bond acceptors (Lipinski definition) is 1. The molecular formula is C8H10BF5N-. The van der Waals surface area contributed by atoms with Crippen molar-refractivity contribution in [2.45, 2.75) is 20.8 Å². The molecule has 0 bridgehead atoms. The molecule has 0 spiro atoms. The van der Waals surface area contributed by atoms with E-state index in [2.05, 4.69) is 4.98 Å². The van der Waals surface area contributed by atoms with Gasteiger partial charge in [-0.2, -0.15) is 0 Å². The van der Waals surface area contributed by atoms with E-state index in [9.17, 15) is 21.7 Å². The van der Waals surface area contributed by atoms with Gasteiger partial charge in [0.2, 0.25) is 0 Å². The van der Waals surface area contributed by atoms with E-state index in [0.29, 0.717) is 11.3 Å². The van der Waals surface area contributed by atoms with E-state index in [1.165, 1.54) is 0 Å². The lowest BCUT2D eigenvalue weighted by molar-refractivity contribution is 0.368. The molecule has 1 aromatic heterocycles. The van der Waals surface area contributed by atoms with Gasteiger partial charge in [0.1, 0.15) is 5.82 Å². The van der Waals surface area contributed by atoms with Gasteiger partial charge in [-0.3, -0.25) is 4.98 Å². The molecule has 7 heteroatoms. The van der Waals surface area contributed by atoms with Crippen LogP contribution in [-0.2, 0) is 0 Å². The van der Waals surface area contributed by atoms with E-state index < -0.39 is 7.25 Å². The first-order chi connectivity index (χ1) is 6.61. The van der Waals surface area contributed by atoms with Crippen LogP contribution in [0.5, 0.6) is 0 Å². The first kappa shape index (κ1) is 13.9. The lowest BCUT2D eigenvalue weighted by Gasteiger charge is -2.00. The summed E-state index contributed by atoms with van der Waals surface area (Å²) in [5, 5.41) is 0. The Bertz CT molecular complexity index is 307. The summed E-state index contributed by atoms with van der Waals surface area (Å²) in [6.07, 6.45) is 0. The second-order valence-corrected chi connectivity index (χ2v) is 2.97. The molecule has 1 nitrogen and oxygen atoms in total. The van der Waals surface area contributed by atoms with Crippen LogP contribution in [0.1, 0.15) is 17.0 Å². The minimum Gasteiger partial charge on any atom is -0.418 e. The molecule has 1 aromatic rings. The third-order valence-corrected chi connectivity index (χ3v) is 1.43. The highest BCUT2D eigenvalue weighted by atomic mass is 19.5. The van der Waals surface area contributed by atoms with Crippen LogP contribution in [0.2, 0.25) is 0 Å². The molecule has 0 saturated heterocycles. The van der Waals surface area contributed by atoms with Gasteiger partial charge in [-0.05, 0) is 32.4 Å². The van der Waals surface area contributed by atoms with Crippen LogP contribution < -0.4 is 0 Å². The molecule has 0 radical (unpaired) electrons. The fraction of sp³-hybridized carbons (Fsp3) is 0.375. The van der Waals surface area contributed by atoms with Crippen LogP contribution in [-0.4, -0.2) is 12.2 Å². The van der Waals surface area contributed by atoms with Crippen LogP contribution in [0.25, 0.3) is 0 Å². The van der Waals surface area contributed by atoms with Crippen molar-refractivity contribution in [1.82, 2.24) is 4.98 Å². The van der Waals surface area contributed by atoms with Crippen molar-refractivity contribution in [2.24, 2.45) is 0 Å². The van der Waals surface area contributed by atoms with Gasteiger partial charge in [-0.1, -0.05) is 0 Å². The van der Waals surface area contributed by atoms with Crippen molar-refractivity contribution in [2.75, 3.05) is 0 Å². The Hall–Kier alpha value is -1.14. The maximum Gasteiger partial charge on any atom is 0.673 e. The molecule has 0 fully saturated rings. The number of rotatable bonds is 0. The molecule has 0 saturated carbocycles. The number of aromatic nitrogens is 1. The molecule has 0 aromatic carbocycles. The predicted octanol–water partition coefficient (Wildman–Crippen LogP) is 3.45. The predicted molar refractivity (Wildman–Crippen MR) is 48.6 cm³/mol. The standard InChI is InChI=1S/C8H10FN.BF4/c1-5-4-6(2)10-7(3)8(5)9;2-1(3,4)5/h4H,1-3H3;/q;-1. The Kier molecular flexibility index (Phi) is 4.70. The van der Waals surface area contributed by atoms with E-state index in [4.69, 9.17) is 0 Å². The third-order valence-electron chi connectivity index (χ3n) is 1.43. The molecule has 1 rings (SSSR count).